The monoisotopic (exact) mass is 313 g/mol. The maximum atomic E-state index is 10.1. The second-order valence-corrected chi connectivity index (χ2v) is 5.47. The molecule has 0 bridgehead atoms. The molecule has 1 heterocycles. The van der Waals surface area contributed by atoms with Gasteiger partial charge in [0, 0.05) is 30.7 Å². The van der Waals surface area contributed by atoms with Crippen LogP contribution in [0.2, 0.25) is 10.2 Å². The summed E-state index contributed by atoms with van der Waals surface area (Å²) < 4.78 is 1.64. The minimum Gasteiger partial charge on any atom is -0.387 e. The van der Waals surface area contributed by atoms with E-state index in [1.165, 1.54) is 0 Å². The fraction of sp³-hybridized carbons (Fsp3) is 0.357. The number of aryl methyl sites for hydroxylation is 2. The van der Waals surface area contributed by atoms with Crippen LogP contribution in [0.15, 0.2) is 24.3 Å². The topological polar surface area (TPSA) is 50.1 Å². The van der Waals surface area contributed by atoms with E-state index in [0.717, 1.165) is 16.8 Å². The number of aliphatic hydroxyl groups excluding tert-OH is 1. The molecular weight excluding hydrogens is 297 g/mol. The molecule has 2 rings (SSSR count). The van der Waals surface area contributed by atoms with Crippen molar-refractivity contribution in [3.8, 4) is 0 Å². The van der Waals surface area contributed by atoms with Gasteiger partial charge in [0.25, 0.3) is 0 Å². The molecule has 0 fully saturated rings. The van der Waals surface area contributed by atoms with Crippen molar-refractivity contribution < 1.29 is 5.11 Å². The number of rotatable bonds is 5. The average molecular weight is 314 g/mol. The first-order valence-electron chi connectivity index (χ1n) is 6.31. The molecule has 1 aromatic heterocycles. The van der Waals surface area contributed by atoms with Gasteiger partial charge in [-0.2, -0.15) is 5.10 Å². The van der Waals surface area contributed by atoms with E-state index in [4.69, 9.17) is 23.2 Å². The van der Waals surface area contributed by atoms with Gasteiger partial charge in [0.05, 0.1) is 11.8 Å². The third kappa shape index (κ3) is 3.52. The molecule has 0 amide bonds. The van der Waals surface area contributed by atoms with Crippen molar-refractivity contribution >= 4 is 23.2 Å². The molecule has 0 aliphatic carbocycles. The van der Waals surface area contributed by atoms with Crippen LogP contribution in [0.3, 0.4) is 0 Å². The maximum Gasteiger partial charge on any atom is 0.131 e. The van der Waals surface area contributed by atoms with Gasteiger partial charge in [-0.3, -0.25) is 4.68 Å². The average Bonchev–Trinajstić information content (AvgIpc) is 2.65. The number of aliphatic hydroxyl groups is 1. The Morgan fingerprint density at radius 2 is 1.95 bits per heavy atom. The standard InChI is InChI=1S/C14H17Cl2N3O/c1-9-12(14(16)19(2)18-9)7-17-8-13(20)10-3-5-11(15)6-4-10/h3-6,13,17,20H,7-8H2,1-2H3. The number of hydrogen-bond donors (Lipinski definition) is 2. The lowest BCUT2D eigenvalue weighted by Crippen LogP contribution is -2.21. The highest BCUT2D eigenvalue weighted by molar-refractivity contribution is 6.30. The molecule has 1 atom stereocenters. The van der Waals surface area contributed by atoms with Gasteiger partial charge in [-0.15, -0.1) is 0 Å². The van der Waals surface area contributed by atoms with E-state index in [-0.39, 0.29) is 0 Å². The van der Waals surface area contributed by atoms with Crippen LogP contribution < -0.4 is 5.32 Å². The van der Waals surface area contributed by atoms with E-state index in [1.54, 1.807) is 23.9 Å². The zero-order valence-electron chi connectivity index (χ0n) is 11.4. The summed E-state index contributed by atoms with van der Waals surface area (Å²) in [4.78, 5) is 0. The third-order valence-corrected chi connectivity index (χ3v) is 3.89. The maximum absolute atomic E-state index is 10.1. The van der Waals surface area contributed by atoms with Crippen LogP contribution in [0.25, 0.3) is 0 Å². The van der Waals surface area contributed by atoms with E-state index in [0.29, 0.717) is 23.3 Å². The Kier molecular flexibility index (Phi) is 5.05. The molecular formula is C14H17Cl2N3O. The highest BCUT2D eigenvalue weighted by Gasteiger charge is 2.12. The van der Waals surface area contributed by atoms with Crippen LogP contribution in [0.1, 0.15) is 22.9 Å². The lowest BCUT2D eigenvalue weighted by molar-refractivity contribution is 0.174. The van der Waals surface area contributed by atoms with Gasteiger partial charge in [0.15, 0.2) is 0 Å². The predicted octanol–water partition coefficient (Wildman–Crippen LogP) is 2.86. The fourth-order valence-electron chi connectivity index (χ4n) is 2.01. The molecule has 2 aromatic rings. The molecule has 2 N–H and O–H groups in total. The van der Waals surface area contributed by atoms with Crippen molar-refractivity contribution in [2.24, 2.45) is 7.05 Å². The molecule has 1 aromatic carbocycles. The van der Waals surface area contributed by atoms with E-state index in [1.807, 2.05) is 19.1 Å². The highest BCUT2D eigenvalue weighted by atomic mass is 35.5. The second kappa shape index (κ2) is 6.59. The SMILES string of the molecule is Cc1nn(C)c(Cl)c1CNCC(O)c1ccc(Cl)cc1. The van der Waals surface area contributed by atoms with Gasteiger partial charge < -0.3 is 10.4 Å². The van der Waals surface area contributed by atoms with Crippen LogP contribution in [0, 0.1) is 6.92 Å². The first-order valence-corrected chi connectivity index (χ1v) is 7.07. The van der Waals surface area contributed by atoms with Crippen molar-refractivity contribution in [2.45, 2.75) is 19.6 Å². The summed E-state index contributed by atoms with van der Waals surface area (Å²) in [6.07, 6.45) is -0.581. The zero-order chi connectivity index (χ0) is 14.7. The molecule has 6 heteroatoms. The Balaban J connectivity index is 1.91. The van der Waals surface area contributed by atoms with Crippen LogP contribution in [-0.2, 0) is 13.6 Å². The molecule has 0 saturated carbocycles. The Morgan fingerprint density at radius 1 is 1.30 bits per heavy atom. The summed E-state index contributed by atoms with van der Waals surface area (Å²) in [5, 5.41) is 18.8. The zero-order valence-corrected chi connectivity index (χ0v) is 12.9. The quantitative estimate of drug-likeness (QED) is 0.892. The lowest BCUT2D eigenvalue weighted by Gasteiger charge is -2.12. The minimum atomic E-state index is -0.581. The van der Waals surface area contributed by atoms with Gasteiger partial charge in [-0.1, -0.05) is 35.3 Å². The van der Waals surface area contributed by atoms with Crippen LogP contribution >= 0.6 is 23.2 Å². The lowest BCUT2D eigenvalue weighted by atomic mass is 10.1. The molecule has 0 aliphatic heterocycles. The van der Waals surface area contributed by atoms with Gasteiger partial charge in [-0.05, 0) is 24.6 Å². The van der Waals surface area contributed by atoms with Crippen molar-refractivity contribution in [2.75, 3.05) is 6.54 Å². The molecule has 0 aliphatic rings. The summed E-state index contributed by atoms with van der Waals surface area (Å²) in [7, 11) is 1.81. The number of hydrogen-bond acceptors (Lipinski definition) is 3. The fourth-order valence-corrected chi connectivity index (χ4v) is 2.38. The summed E-state index contributed by atoms with van der Waals surface area (Å²) in [5.74, 6) is 0. The molecule has 0 spiro atoms. The smallest absolute Gasteiger partial charge is 0.131 e. The van der Waals surface area contributed by atoms with Crippen LogP contribution in [0.4, 0.5) is 0 Å². The first-order chi connectivity index (χ1) is 9.49. The molecule has 0 saturated heterocycles. The highest BCUT2D eigenvalue weighted by Crippen LogP contribution is 2.19. The summed E-state index contributed by atoms with van der Waals surface area (Å²) in [5.41, 5.74) is 2.68. The molecule has 20 heavy (non-hydrogen) atoms. The van der Waals surface area contributed by atoms with Crippen molar-refractivity contribution in [3.05, 3.63) is 51.3 Å². The third-order valence-electron chi connectivity index (χ3n) is 3.16. The number of aromatic nitrogens is 2. The van der Waals surface area contributed by atoms with Crippen molar-refractivity contribution in [3.63, 3.8) is 0 Å². The first kappa shape index (κ1) is 15.3. The second-order valence-electron chi connectivity index (χ2n) is 4.68. The van der Waals surface area contributed by atoms with Gasteiger partial charge in [0.1, 0.15) is 5.15 Å². The number of benzene rings is 1. The molecule has 108 valence electrons. The van der Waals surface area contributed by atoms with E-state index in [9.17, 15) is 5.11 Å². The molecule has 1 unspecified atom stereocenters. The van der Waals surface area contributed by atoms with Gasteiger partial charge in [-0.25, -0.2) is 0 Å². The van der Waals surface area contributed by atoms with E-state index in [2.05, 4.69) is 10.4 Å². The van der Waals surface area contributed by atoms with Gasteiger partial charge >= 0.3 is 0 Å². The summed E-state index contributed by atoms with van der Waals surface area (Å²) >= 11 is 12.0. The molecule has 0 radical (unpaired) electrons. The van der Waals surface area contributed by atoms with E-state index < -0.39 is 6.10 Å². The number of nitrogens with zero attached hydrogens (tertiary/aromatic N) is 2. The normalized spacial score (nSPS) is 12.7. The Bertz CT molecular complexity index is 581. The summed E-state index contributed by atoms with van der Waals surface area (Å²) in [6, 6.07) is 7.17. The van der Waals surface area contributed by atoms with Crippen LogP contribution in [0.5, 0.6) is 0 Å². The minimum absolute atomic E-state index is 0.437. The Morgan fingerprint density at radius 3 is 2.50 bits per heavy atom. The van der Waals surface area contributed by atoms with Crippen molar-refractivity contribution in [1.82, 2.24) is 15.1 Å². The van der Waals surface area contributed by atoms with E-state index >= 15 is 0 Å². The number of halogens is 2. The Hall–Kier alpha value is -1.07. The van der Waals surface area contributed by atoms with Gasteiger partial charge in [0.2, 0.25) is 0 Å². The predicted molar refractivity (Wildman–Crippen MR) is 81.1 cm³/mol. The Labute approximate surface area is 128 Å². The summed E-state index contributed by atoms with van der Waals surface area (Å²) in [6.45, 7) is 2.92. The number of nitrogens with one attached hydrogen (secondary N) is 1. The molecule has 4 nitrogen and oxygen atoms in total. The van der Waals surface area contributed by atoms with Crippen molar-refractivity contribution in [1.29, 1.82) is 0 Å². The largest absolute Gasteiger partial charge is 0.387 e. The van der Waals surface area contributed by atoms with Crippen LogP contribution in [-0.4, -0.2) is 21.4 Å².